The van der Waals surface area contributed by atoms with Crippen molar-refractivity contribution in [3.05, 3.63) is 29.8 Å². The van der Waals surface area contributed by atoms with Gasteiger partial charge in [-0.25, -0.2) is 0 Å². The Morgan fingerprint density at radius 1 is 1.29 bits per heavy atom. The van der Waals surface area contributed by atoms with Crippen LogP contribution in [0, 0.1) is 5.41 Å². The summed E-state index contributed by atoms with van der Waals surface area (Å²) in [6.45, 7) is 7.71. The van der Waals surface area contributed by atoms with Gasteiger partial charge in [-0.15, -0.1) is 0 Å². The molecular weight excluding hydrogens is 266 g/mol. The summed E-state index contributed by atoms with van der Waals surface area (Å²) in [5.74, 6) is 0.714. The van der Waals surface area contributed by atoms with Crippen LogP contribution in [0.25, 0.3) is 0 Å². The van der Waals surface area contributed by atoms with Gasteiger partial charge in [0.05, 0.1) is 6.61 Å². The third-order valence-electron chi connectivity index (χ3n) is 3.33. The summed E-state index contributed by atoms with van der Waals surface area (Å²) in [4.78, 5) is 12.1. The van der Waals surface area contributed by atoms with E-state index in [2.05, 4.69) is 26.1 Å². The van der Waals surface area contributed by atoms with Crippen LogP contribution in [0.1, 0.15) is 50.4 Å². The fourth-order valence-corrected chi connectivity index (χ4v) is 1.99. The Labute approximate surface area is 127 Å². The summed E-state index contributed by atoms with van der Waals surface area (Å²) in [5, 5.41) is 11.8. The Balaban J connectivity index is 2.48. The lowest BCUT2D eigenvalue weighted by Crippen LogP contribution is -2.34. The quantitative estimate of drug-likeness (QED) is 0.736. The van der Waals surface area contributed by atoms with Crippen LogP contribution in [0.5, 0.6) is 5.75 Å². The highest BCUT2D eigenvalue weighted by Gasteiger charge is 2.18. The molecule has 1 aromatic carbocycles. The predicted molar refractivity (Wildman–Crippen MR) is 84.7 cm³/mol. The van der Waals surface area contributed by atoms with E-state index in [-0.39, 0.29) is 17.9 Å². The van der Waals surface area contributed by atoms with Crippen molar-refractivity contribution in [2.24, 2.45) is 5.41 Å². The largest absolute Gasteiger partial charge is 0.494 e. The van der Waals surface area contributed by atoms with Crippen LogP contribution in [0.15, 0.2) is 24.3 Å². The van der Waals surface area contributed by atoms with Crippen LogP contribution >= 0.6 is 0 Å². The standard InChI is InChI=1S/C17H27NO3/c1-4-12-21-15-8-6-14(7-9-15)16(20)18-13-17(2,3)10-5-11-19/h6-9,19H,4-5,10-13H2,1-3H3,(H,18,20). The molecule has 1 aromatic rings. The molecule has 1 rings (SSSR count). The zero-order valence-electron chi connectivity index (χ0n) is 13.3. The normalized spacial score (nSPS) is 11.2. The molecule has 0 bridgehead atoms. The molecule has 0 aliphatic carbocycles. The van der Waals surface area contributed by atoms with Gasteiger partial charge in [0, 0.05) is 18.7 Å². The molecule has 0 aliphatic heterocycles. The first-order valence-corrected chi connectivity index (χ1v) is 7.60. The van der Waals surface area contributed by atoms with Gasteiger partial charge < -0.3 is 15.2 Å². The molecule has 0 saturated heterocycles. The summed E-state index contributed by atoms with van der Waals surface area (Å²) in [7, 11) is 0. The van der Waals surface area contributed by atoms with E-state index >= 15 is 0 Å². The summed E-state index contributed by atoms with van der Waals surface area (Å²) >= 11 is 0. The lowest BCUT2D eigenvalue weighted by Gasteiger charge is -2.24. The summed E-state index contributed by atoms with van der Waals surface area (Å²) in [5.41, 5.74) is 0.625. The van der Waals surface area contributed by atoms with E-state index in [1.165, 1.54) is 0 Å². The number of carbonyl (C=O) groups is 1. The number of aliphatic hydroxyl groups excluding tert-OH is 1. The lowest BCUT2D eigenvalue weighted by molar-refractivity contribution is 0.0933. The fourth-order valence-electron chi connectivity index (χ4n) is 1.99. The van der Waals surface area contributed by atoms with Gasteiger partial charge in [0.2, 0.25) is 0 Å². The van der Waals surface area contributed by atoms with Crippen LogP contribution in [0.4, 0.5) is 0 Å². The second kappa shape index (κ2) is 8.67. The Hall–Kier alpha value is -1.55. The molecular formula is C17H27NO3. The number of benzene rings is 1. The Bertz CT molecular complexity index is 426. The van der Waals surface area contributed by atoms with E-state index in [9.17, 15) is 4.79 Å². The molecule has 118 valence electrons. The smallest absolute Gasteiger partial charge is 0.251 e. The second-order valence-corrected chi connectivity index (χ2v) is 6.05. The lowest BCUT2D eigenvalue weighted by atomic mass is 9.88. The summed E-state index contributed by atoms with van der Waals surface area (Å²) in [6, 6.07) is 7.20. The molecule has 0 fully saturated rings. The van der Waals surface area contributed by atoms with Gasteiger partial charge in [-0.2, -0.15) is 0 Å². The molecule has 0 radical (unpaired) electrons. The van der Waals surface area contributed by atoms with Crippen LogP contribution in [0.3, 0.4) is 0 Å². The van der Waals surface area contributed by atoms with Gasteiger partial charge in [0.1, 0.15) is 5.75 Å². The summed E-state index contributed by atoms with van der Waals surface area (Å²) < 4.78 is 5.49. The highest BCUT2D eigenvalue weighted by Crippen LogP contribution is 2.21. The van der Waals surface area contributed by atoms with Crippen molar-refractivity contribution >= 4 is 5.91 Å². The average molecular weight is 293 g/mol. The van der Waals surface area contributed by atoms with Gasteiger partial charge in [-0.3, -0.25) is 4.79 Å². The number of hydrogen-bond donors (Lipinski definition) is 2. The van der Waals surface area contributed by atoms with E-state index in [1.807, 2.05) is 12.1 Å². The van der Waals surface area contributed by atoms with Gasteiger partial charge in [0.15, 0.2) is 0 Å². The van der Waals surface area contributed by atoms with E-state index in [0.717, 1.165) is 25.0 Å². The maximum absolute atomic E-state index is 12.1. The maximum atomic E-state index is 12.1. The van der Waals surface area contributed by atoms with E-state index in [4.69, 9.17) is 9.84 Å². The third kappa shape index (κ3) is 6.63. The molecule has 0 spiro atoms. The zero-order valence-corrected chi connectivity index (χ0v) is 13.3. The zero-order chi connectivity index (χ0) is 15.7. The molecule has 0 aromatic heterocycles. The molecule has 0 heterocycles. The number of amides is 1. The predicted octanol–water partition coefficient (Wildman–Crippen LogP) is 3.00. The van der Waals surface area contributed by atoms with E-state index < -0.39 is 0 Å². The van der Waals surface area contributed by atoms with Crippen LogP contribution < -0.4 is 10.1 Å². The SMILES string of the molecule is CCCOc1ccc(C(=O)NCC(C)(C)CCCO)cc1. The van der Waals surface area contributed by atoms with Crippen molar-refractivity contribution in [1.29, 1.82) is 0 Å². The van der Waals surface area contributed by atoms with E-state index in [0.29, 0.717) is 18.7 Å². The van der Waals surface area contributed by atoms with Crippen molar-refractivity contribution in [3.8, 4) is 5.75 Å². The molecule has 2 N–H and O–H groups in total. The molecule has 4 nitrogen and oxygen atoms in total. The topological polar surface area (TPSA) is 58.6 Å². The van der Waals surface area contributed by atoms with E-state index in [1.54, 1.807) is 12.1 Å². The number of rotatable bonds is 9. The molecule has 21 heavy (non-hydrogen) atoms. The summed E-state index contributed by atoms with van der Waals surface area (Å²) in [6.07, 6.45) is 2.60. The molecule has 0 aliphatic rings. The van der Waals surface area contributed by atoms with Crippen molar-refractivity contribution in [3.63, 3.8) is 0 Å². The molecule has 4 heteroatoms. The van der Waals surface area contributed by atoms with Gasteiger partial charge in [-0.1, -0.05) is 20.8 Å². The van der Waals surface area contributed by atoms with Crippen LogP contribution in [0.2, 0.25) is 0 Å². The highest BCUT2D eigenvalue weighted by atomic mass is 16.5. The number of nitrogens with one attached hydrogen (secondary N) is 1. The minimum atomic E-state index is -0.0749. The number of carbonyl (C=O) groups excluding carboxylic acids is 1. The minimum absolute atomic E-state index is 0.0113. The number of aliphatic hydroxyl groups is 1. The number of hydrogen-bond acceptors (Lipinski definition) is 3. The van der Waals surface area contributed by atoms with Gasteiger partial charge in [0.25, 0.3) is 5.91 Å². The molecule has 0 saturated carbocycles. The Kier molecular flexibility index (Phi) is 7.23. The Morgan fingerprint density at radius 2 is 1.95 bits per heavy atom. The van der Waals surface area contributed by atoms with Crippen LogP contribution in [-0.2, 0) is 0 Å². The van der Waals surface area contributed by atoms with Crippen molar-refractivity contribution in [1.82, 2.24) is 5.32 Å². The van der Waals surface area contributed by atoms with Crippen LogP contribution in [-0.4, -0.2) is 30.8 Å². The monoisotopic (exact) mass is 293 g/mol. The minimum Gasteiger partial charge on any atom is -0.494 e. The number of ether oxygens (including phenoxy) is 1. The average Bonchev–Trinajstić information content (AvgIpc) is 2.49. The second-order valence-electron chi connectivity index (χ2n) is 6.05. The Morgan fingerprint density at radius 3 is 2.52 bits per heavy atom. The van der Waals surface area contributed by atoms with Gasteiger partial charge in [-0.05, 0) is 48.9 Å². The maximum Gasteiger partial charge on any atom is 0.251 e. The van der Waals surface area contributed by atoms with Crippen molar-refractivity contribution in [2.75, 3.05) is 19.8 Å². The van der Waals surface area contributed by atoms with Crippen molar-refractivity contribution < 1.29 is 14.6 Å². The first-order chi connectivity index (χ1) is 9.98. The van der Waals surface area contributed by atoms with Crippen molar-refractivity contribution in [2.45, 2.75) is 40.0 Å². The fraction of sp³-hybridized carbons (Fsp3) is 0.588. The first kappa shape index (κ1) is 17.5. The highest BCUT2D eigenvalue weighted by molar-refractivity contribution is 5.94. The first-order valence-electron chi connectivity index (χ1n) is 7.60. The molecule has 0 atom stereocenters. The van der Waals surface area contributed by atoms with Gasteiger partial charge >= 0.3 is 0 Å². The molecule has 1 amide bonds. The molecule has 0 unspecified atom stereocenters. The third-order valence-corrected chi connectivity index (χ3v) is 3.33.